The molecule has 170 valence electrons. The lowest BCUT2D eigenvalue weighted by Crippen LogP contribution is -2.45. The minimum atomic E-state index is 0.784. The molecule has 5 rings (SSSR count). The van der Waals surface area contributed by atoms with Crippen LogP contribution in [0.15, 0.2) is 48.7 Å². The Morgan fingerprint density at radius 1 is 0.969 bits per heavy atom. The Morgan fingerprint density at radius 2 is 1.75 bits per heavy atom. The van der Waals surface area contributed by atoms with Gasteiger partial charge in [-0.05, 0) is 62.3 Å². The van der Waals surface area contributed by atoms with Crippen LogP contribution >= 0.6 is 0 Å². The van der Waals surface area contributed by atoms with Crippen molar-refractivity contribution in [2.24, 2.45) is 5.92 Å². The number of imidazole rings is 1. The Balaban J connectivity index is 1.27. The third-order valence-corrected chi connectivity index (χ3v) is 7.36. The van der Waals surface area contributed by atoms with Crippen LogP contribution in [0.2, 0.25) is 0 Å². The molecule has 0 bridgehead atoms. The normalized spacial score (nSPS) is 18.1. The molecule has 0 atom stereocenters. The number of fused-ring (bicyclic) bond motifs is 1. The van der Waals surface area contributed by atoms with E-state index in [1.54, 1.807) is 0 Å². The van der Waals surface area contributed by atoms with Crippen molar-refractivity contribution >= 4 is 10.8 Å². The number of hydrogen-bond acceptors (Lipinski definition) is 3. The summed E-state index contributed by atoms with van der Waals surface area (Å²) in [6.07, 6.45) is 9.07. The lowest BCUT2D eigenvalue weighted by atomic mass is 10.0. The van der Waals surface area contributed by atoms with Crippen LogP contribution in [0, 0.1) is 5.92 Å². The molecule has 1 aliphatic carbocycles. The molecule has 0 spiro atoms. The number of nitrogens with zero attached hydrogens (tertiary/aromatic N) is 4. The van der Waals surface area contributed by atoms with Crippen LogP contribution in [0.3, 0.4) is 0 Å². The molecule has 2 heterocycles. The van der Waals surface area contributed by atoms with E-state index in [2.05, 4.69) is 76.9 Å². The lowest BCUT2D eigenvalue weighted by molar-refractivity contribution is 0.1000. The predicted molar refractivity (Wildman–Crippen MR) is 134 cm³/mol. The van der Waals surface area contributed by atoms with Gasteiger partial charge >= 0.3 is 0 Å². The molecule has 3 aromatic rings. The number of piperidine rings is 1. The molecule has 0 unspecified atom stereocenters. The van der Waals surface area contributed by atoms with E-state index in [1.165, 1.54) is 80.3 Å². The molecule has 2 fully saturated rings. The highest BCUT2D eigenvalue weighted by atomic mass is 15.2. The van der Waals surface area contributed by atoms with Gasteiger partial charge in [-0.1, -0.05) is 49.4 Å². The standard InChI is InChI=1S/C28H38N4/c1-3-16-32(19-22-12-13-22)25-14-17-30(18-15-25)20-24-21-31(4-2)28(29-24)27-11-7-9-23-8-5-6-10-26(23)27/h5-11,21-22,25H,3-4,12-20H2,1-2H3. The van der Waals surface area contributed by atoms with Gasteiger partial charge in [0.15, 0.2) is 0 Å². The molecule has 1 aliphatic heterocycles. The Morgan fingerprint density at radius 3 is 2.50 bits per heavy atom. The van der Waals surface area contributed by atoms with Crippen molar-refractivity contribution in [3.8, 4) is 11.4 Å². The van der Waals surface area contributed by atoms with Crippen LogP contribution in [0.25, 0.3) is 22.2 Å². The van der Waals surface area contributed by atoms with Crippen LogP contribution in [0.4, 0.5) is 0 Å². The van der Waals surface area contributed by atoms with E-state index in [0.717, 1.165) is 30.9 Å². The van der Waals surface area contributed by atoms with E-state index >= 15 is 0 Å². The molecule has 4 heteroatoms. The molecule has 1 saturated carbocycles. The summed E-state index contributed by atoms with van der Waals surface area (Å²) in [5.41, 5.74) is 2.45. The van der Waals surface area contributed by atoms with Gasteiger partial charge in [-0.3, -0.25) is 4.90 Å². The fourth-order valence-electron chi connectivity index (χ4n) is 5.44. The molecule has 0 amide bonds. The van der Waals surface area contributed by atoms with Crippen LogP contribution in [-0.2, 0) is 13.1 Å². The van der Waals surface area contributed by atoms with Crippen LogP contribution < -0.4 is 0 Å². The Hall–Kier alpha value is -2.17. The van der Waals surface area contributed by atoms with Crippen LogP contribution in [-0.4, -0.2) is 51.6 Å². The Labute approximate surface area is 193 Å². The average Bonchev–Trinajstić information content (AvgIpc) is 3.56. The van der Waals surface area contributed by atoms with Gasteiger partial charge in [0.2, 0.25) is 0 Å². The van der Waals surface area contributed by atoms with Gasteiger partial charge in [0.1, 0.15) is 5.82 Å². The fourth-order valence-corrected chi connectivity index (χ4v) is 5.44. The van der Waals surface area contributed by atoms with Crippen LogP contribution in [0.5, 0.6) is 0 Å². The minimum absolute atomic E-state index is 0.784. The molecular weight excluding hydrogens is 392 g/mol. The van der Waals surface area contributed by atoms with E-state index in [0.29, 0.717) is 0 Å². The highest BCUT2D eigenvalue weighted by molar-refractivity contribution is 5.95. The zero-order chi connectivity index (χ0) is 21.9. The second kappa shape index (κ2) is 9.76. The molecule has 4 nitrogen and oxygen atoms in total. The summed E-state index contributed by atoms with van der Waals surface area (Å²) in [5.74, 6) is 2.10. The molecule has 0 radical (unpaired) electrons. The molecule has 0 N–H and O–H groups in total. The van der Waals surface area contributed by atoms with E-state index < -0.39 is 0 Å². The van der Waals surface area contributed by atoms with Gasteiger partial charge < -0.3 is 9.47 Å². The zero-order valence-corrected chi connectivity index (χ0v) is 19.8. The molecule has 1 saturated heterocycles. The summed E-state index contributed by atoms with van der Waals surface area (Å²) in [7, 11) is 0. The summed E-state index contributed by atoms with van der Waals surface area (Å²) in [6.45, 7) is 11.5. The average molecular weight is 431 g/mol. The topological polar surface area (TPSA) is 24.3 Å². The number of hydrogen-bond donors (Lipinski definition) is 0. The van der Waals surface area contributed by atoms with Gasteiger partial charge in [-0.25, -0.2) is 4.98 Å². The largest absolute Gasteiger partial charge is 0.331 e. The maximum absolute atomic E-state index is 5.14. The first kappa shape index (κ1) is 21.7. The number of likely N-dealkylation sites (tertiary alicyclic amines) is 1. The summed E-state index contributed by atoms with van der Waals surface area (Å²) >= 11 is 0. The van der Waals surface area contributed by atoms with Crippen molar-refractivity contribution in [1.29, 1.82) is 0 Å². The van der Waals surface area contributed by atoms with Gasteiger partial charge in [0, 0.05) is 50.5 Å². The van der Waals surface area contributed by atoms with Crippen molar-refractivity contribution in [3.63, 3.8) is 0 Å². The van der Waals surface area contributed by atoms with Gasteiger partial charge in [-0.15, -0.1) is 0 Å². The summed E-state index contributed by atoms with van der Waals surface area (Å²) in [6, 6.07) is 16.0. The number of aromatic nitrogens is 2. The highest BCUT2D eigenvalue weighted by Gasteiger charge is 2.30. The molecule has 32 heavy (non-hydrogen) atoms. The van der Waals surface area contributed by atoms with Crippen molar-refractivity contribution < 1.29 is 0 Å². The summed E-state index contributed by atoms with van der Waals surface area (Å²) in [4.78, 5) is 10.6. The van der Waals surface area contributed by atoms with E-state index in [1.807, 2.05) is 0 Å². The molecular formula is C28H38N4. The summed E-state index contributed by atoms with van der Waals surface area (Å²) < 4.78 is 2.32. The number of rotatable bonds is 9. The maximum atomic E-state index is 5.14. The SMILES string of the molecule is CCCN(CC1CC1)C1CCN(Cc2cn(CC)c(-c3cccc4ccccc34)n2)CC1. The lowest BCUT2D eigenvalue weighted by Gasteiger charge is -2.38. The number of aryl methyl sites for hydroxylation is 1. The fraction of sp³-hybridized carbons (Fsp3) is 0.536. The third kappa shape index (κ3) is 4.77. The van der Waals surface area contributed by atoms with E-state index in [-0.39, 0.29) is 0 Å². The first-order valence-electron chi connectivity index (χ1n) is 12.8. The maximum Gasteiger partial charge on any atom is 0.140 e. The Kier molecular flexibility index (Phi) is 6.61. The van der Waals surface area contributed by atoms with Crippen molar-refractivity contribution in [3.05, 3.63) is 54.4 Å². The second-order valence-electron chi connectivity index (χ2n) is 9.81. The zero-order valence-electron chi connectivity index (χ0n) is 19.8. The minimum Gasteiger partial charge on any atom is -0.331 e. The van der Waals surface area contributed by atoms with Gasteiger partial charge in [0.25, 0.3) is 0 Å². The first-order chi connectivity index (χ1) is 15.7. The summed E-state index contributed by atoms with van der Waals surface area (Å²) in [5, 5.41) is 2.57. The highest BCUT2D eigenvalue weighted by Crippen LogP contribution is 2.32. The van der Waals surface area contributed by atoms with Crippen molar-refractivity contribution in [2.45, 2.75) is 65.1 Å². The van der Waals surface area contributed by atoms with Gasteiger partial charge in [0.05, 0.1) is 5.69 Å². The molecule has 2 aromatic carbocycles. The van der Waals surface area contributed by atoms with Crippen molar-refractivity contribution in [1.82, 2.24) is 19.4 Å². The van der Waals surface area contributed by atoms with Crippen LogP contribution in [0.1, 0.15) is 51.6 Å². The van der Waals surface area contributed by atoms with E-state index in [9.17, 15) is 0 Å². The first-order valence-corrected chi connectivity index (χ1v) is 12.8. The Bertz CT molecular complexity index is 1020. The van der Waals surface area contributed by atoms with E-state index in [4.69, 9.17) is 4.98 Å². The quantitative estimate of drug-likeness (QED) is 0.428. The predicted octanol–water partition coefficient (Wildman–Crippen LogP) is 5.81. The second-order valence-corrected chi connectivity index (χ2v) is 9.81. The smallest absolute Gasteiger partial charge is 0.140 e. The monoisotopic (exact) mass is 430 g/mol. The number of benzene rings is 2. The molecule has 2 aliphatic rings. The molecule has 1 aromatic heterocycles. The van der Waals surface area contributed by atoms with Gasteiger partial charge in [-0.2, -0.15) is 0 Å². The van der Waals surface area contributed by atoms with Crippen molar-refractivity contribution in [2.75, 3.05) is 26.2 Å². The third-order valence-electron chi connectivity index (χ3n) is 7.36.